The number of nitrogens with one attached hydrogen (secondary N) is 1. The van der Waals surface area contributed by atoms with Crippen molar-refractivity contribution in [2.75, 3.05) is 13.1 Å². The van der Waals surface area contributed by atoms with Crippen molar-refractivity contribution in [1.29, 1.82) is 0 Å². The third kappa shape index (κ3) is 4.05. The molecule has 1 aliphatic heterocycles. The minimum absolute atomic E-state index is 0.115. The molecule has 3 unspecified atom stereocenters. The van der Waals surface area contributed by atoms with Gasteiger partial charge in [-0.3, -0.25) is 0 Å². The lowest BCUT2D eigenvalue weighted by Gasteiger charge is -2.40. The van der Waals surface area contributed by atoms with Gasteiger partial charge >= 0.3 is 12.0 Å². The summed E-state index contributed by atoms with van der Waals surface area (Å²) in [6, 6.07) is 0.112. The maximum atomic E-state index is 12.0. The van der Waals surface area contributed by atoms with Gasteiger partial charge in [0.05, 0.1) is 0 Å². The molecule has 1 rings (SSSR count). The Labute approximate surface area is 108 Å². The Morgan fingerprint density at radius 3 is 2.67 bits per heavy atom. The van der Waals surface area contributed by atoms with Gasteiger partial charge in [0.15, 0.2) is 0 Å². The Kier molecular flexibility index (Phi) is 5.19. The number of carboxylic acids is 1. The van der Waals surface area contributed by atoms with E-state index in [-0.39, 0.29) is 18.6 Å². The molecule has 1 fully saturated rings. The van der Waals surface area contributed by atoms with Gasteiger partial charge in [-0.2, -0.15) is 0 Å². The highest BCUT2D eigenvalue weighted by Gasteiger charge is 2.31. The van der Waals surface area contributed by atoms with Crippen LogP contribution in [-0.2, 0) is 4.79 Å². The molecule has 5 heteroatoms. The number of aliphatic carboxylic acids is 1. The van der Waals surface area contributed by atoms with E-state index < -0.39 is 5.97 Å². The average Bonchev–Trinajstić information content (AvgIpc) is 2.28. The number of piperidine rings is 1. The van der Waals surface area contributed by atoms with Crippen LogP contribution in [0, 0.1) is 11.8 Å². The van der Waals surface area contributed by atoms with Crippen molar-refractivity contribution in [3.05, 3.63) is 12.2 Å². The first-order valence-electron chi connectivity index (χ1n) is 6.35. The summed E-state index contributed by atoms with van der Waals surface area (Å²) in [5.74, 6) is 0.00315. The van der Waals surface area contributed by atoms with Crippen LogP contribution in [0.5, 0.6) is 0 Å². The molecule has 0 aromatic carbocycles. The predicted molar refractivity (Wildman–Crippen MR) is 69.3 cm³/mol. The molecule has 3 atom stereocenters. The molecular formula is C13H22N2O3. The van der Waals surface area contributed by atoms with Crippen LogP contribution in [0.15, 0.2) is 12.2 Å². The van der Waals surface area contributed by atoms with Gasteiger partial charge in [-0.25, -0.2) is 9.59 Å². The van der Waals surface area contributed by atoms with E-state index in [1.807, 2.05) is 4.90 Å². The summed E-state index contributed by atoms with van der Waals surface area (Å²) in [7, 11) is 0. The summed E-state index contributed by atoms with van der Waals surface area (Å²) in [6.45, 7) is 7.37. The number of amides is 2. The highest BCUT2D eigenvalue weighted by Crippen LogP contribution is 2.26. The molecule has 0 spiro atoms. The topological polar surface area (TPSA) is 69.6 Å². The molecule has 0 saturated carbocycles. The van der Waals surface area contributed by atoms with Crippen molar-refractivity contribution in [1.82, 2.24) is 10.2 Å². The van der Waals surface area contributed by atoms with E-state index in [0.29, 0.717) is 11.8 Å². The normalized spacial score (nSPS) is 28.4. The Morgan fingerprint density at radius 2 is 2.06 bits per heavy atom. The molecule has 5 nitrogen and oxygen atoms in total. The van der Waals surface area contributed by atoms with E-state index in [0.717, 1.165) is 19.0 Å². The maximum Gasteiger partial charge on any atom is 0.328 e. The van der Waals surface area contributed by atoms with Crippen LogP contribution in [0.1, 0.15) is 27.2 Å². The molecule has 2 amide bonds. The van der Waals surface area contributed by atoms with Crippen molar-refractivity contribution in [3.63, 3.8) is 0 Å². The molecule has 0 aromatic rings. The fourth-order valence-electron chi connectivity index (χ4n) is 2.39. The van der Waals surface area contributed by atoms with Gasteiger partial charge in [0.1, 0.15) is 0 Å². The monoisotopic (exact) mass is 254 g/mol. The molecule has 2 N–H and O–H groups in total. The summed E-state index contributed by atoms with van der Waals surface area (Å²) in [5.41, 5.74) is 0. The second kappa shape index (κ2) is 6.42. The number of likely N-dealkylation sites (tertiary alicyclic amines) is 1. The number of carbonyl (C=O) groups excluding carboxylic acids is 1. The summed E-state index contributed by atoms with van der Waals surface area (Å²) in [6.07, 6.45) is 3.61. The van der Waals surface area contributed by atoms with E-state index in [9.17, 15) is 9.59 Å². The number of hydrogen-bond acceptors (Lipinski definition) is 2. The number of urea groups is 1. The Hall–Kier alpha value is -1.52. The number of rotatable bonds is 3. The van der Waals surface area contributed by atoms with Gasteiger partial charge in [-0.1, -0.05) is 19.9 Å². The minimum atomic E-state index is -1.00. The Morgan fingerprint density at radius 1 is 1.39 bits per heavy atom. The third-order valence-corrected chi connectivity index (χ3v) is 3.49. The second-order valence-corrected chi connectivity index (χ2v) is 5.14. The number of hydrogen-bond donors (Lipinski definition) is 2. The second-order valence-electron chi connectivity index (χ2n) is 5.14. The van der Waals surface area contributed by atoms with Gasteiger partial charge in [0.2, 0.25) is 0 Å². The van der Waals surface area contributed by atoms with Crippen molar-refractivity contribution < 1.29 is 14.7 Å². The van der Waals surface area contributed by atoms with Crippen molar-refractivity contribution in [2.45, 2.75) is 33.2 Å². The molecule has 0 aliphatic carbocycles. The van der Waals surface area contributed by atoms with Gasteiger partial charge < -0.3 is 15.3 Å². The fourth-order valence-corrected chi connectivity index (χ4v) is 2.39. The molecule has 0 radical (unpaired) electrons. The third-order valence-electron chi connectivity index (χ3n) is 3.49. The SMILES string of the molecule is CC1CC(C)C(C)N(C(=O)NC/C=C/C(=O)O)C1. The smallest absolute Gasteiger partial charge is 0.328 e. The van der Waals surface area contributed by atoms with Crippen molar-refractivity contribution in [3.8, 4) is 0 Å². The number of carbonyl (C=O) groups is 2. The summed E-state index contributed by atoms with van der Waals surface area (Å²) < 4.78 is 0. The van der Waals surface area contributed by atoms with Crippen LogP contribution < -0.4 is 5.32 Å². The van der Waals surface area contributed by atoms with Crippen LogP contribution >= 0.6 is 0 Å². The summed E-state index contributed by atoms with van der Waals surface area (Å²) in [5, 5.41) is 11.1. The van der Waals surface area contributed by atoms with Gasteiger partial charge in [0, 0.05) is 25.2 Å². The summed E-state index contributed by atoms with van der Waals surface area (Å²) >= 11 is 0. The zero-order valence-electron chi connectivity index (χ0n) is 11.2. The first-order chi connectivity index (χ1) is 8.41. The molecule has 1 heterocycles. The molecule has 1 saturated heterocycles. The predicted octanol–water partition coefficient (Wildman–Crippen LogP) is 1.70. The largest absolute Gasteiger partial charge is 0.478 e. The summed E-state index contributed by atoms with van der Waals surface area (Å²) in [4.78, 5) is 24.1. The maximum absolute atomic E-state index is 12.0. The number of nitrogens with zero attached hydrogens (tertiary/aromatic N) is 1. The molecule has 0 aromatic heterocycles. The molecule has 18 heavy (non-hydrogen) atoms. The molecule has 0 bridgehead atoms. The molecule has 102 valence electrons. The van der Waals surface area contributed by atoms with Gasteiger partial charge in [-0.15, -0.1) is 0 Å². The zero-order chi connectivity index (χ0) is 13.7. The van der Waals surface area contributed by atoms with Crippen LogP contribution in [0.2, 0.25) is 0 Å². The minimum Gasteiger partial charge on any atom is -0.478 e. The van der Waals surface area contributed by atoms with E-state index in [4.69, 9.17) is 5.11 Å². The van der Waals surface area contributed by atoms with Gasteiger partial charge in [-0.05, 0) is 25.2 Å². The van der Waals surface area contributed by atoms with Crippen LogP contribution in [-0.4, -0.2) is 41.1 Å². The highest BCUT2D eigenvalue weighted by molar-refractivity contribution is 5.80. The standard InChI is InChI=1S/C13H22N2O3/c1-9-7-10(2)11(3)15(8-9)13(18)14-6-4-5-12(16)17/h4-5,9-11H,6-8H2,1-3H3,(H,14,18)(H,16,17)/b5-4+. The van der Waals surface area contributed by atoms with Crippen LogP contribution in [0.3, 0.4) is 0 Å². The number of carboxylic acid groups (broad SMARTS) is 1. The Balaban J connectivity index is 2.47. The van der Waals surface area contributed by atoms with Crippen molar-refractivity contribution >= 4 is 12.0 Å². The fraction of sp³-hybridized carbons (Fsp3) is 0.692. The lowest BCUT2D eigenvalue weighted by molar-refractivity contribution is -0.131. The first-order valence-corrected chi connectivity index (χ1v) is 6.35. The highest BCUT2D eigenvalue weighted by atomic mass is 16.4. The van der Waals surface area contributed by atoms with Crippen molar-refractivity contribution in [2.24, 2.45) is 11.8 Å². The molecular weight excluding hydrogens is 232 g/mol. The quantitative estimate of drug-likeness (QED) is 0.753. The Bertz CT molecular complexity index is 341. The van der Waals surface area contributed by atoms with Gasteiger partial charge in [0.25, 0.3) is 0 Å². The lowest BCUT2D eigenvalue weighted by Crippen LogP contribution is -2.52. The van der Waals surface area contributed by atoms with Crippen LogP contribution in [0.25, 0.3) is 0 Å². The van der Waals surface area contributed by atoms with E-state index in [1.54, 1.807) is 0 Å². The van der Waals surface area contributed by atoms with E-state index >= 15 is 0 Å². The van der Waals surface area contributed by atoms with E-state index in [1.165, 1.54) is 6.08 Å². The van der Waals surface area contributed by atoms with Crippen LogP contribution in [0.4, 0.5) is 4.79 Å². The average molecular weight is 254 g/mol. The lowest BCUT2D eigenvalue weighted by atomic mass is 9.86. The molecule has 1 aliphatic rings. The van der Waals surface area contributed by atoms with E-state index in [2.05, 4.69) is 26.1 Å². The first kappa shape index (κ1) is 14.5. The zero-order valence-corrected chi connectivity index (χ0v) is 11.2.